The first-order valence-corrected chi connectivity index (χ1v) is 4.45. The van der Waals surface area contributed by atoms with Gasteiger partial charge >= 0.3 is 5.97 Å². The quantitative estimate of drug-likeness (QED) is 0.654. The zero-order chi connectivity index (χ0) is 9.19. The Balaban J connectivity index is 0.00000144. The first-order chi connectivity index (χ1) is 5.49. The highest BCUT2D eigenvalue weighted by molar-refractivity contribution is 7.59. The molecule has 0 amide bonds. The van der Waals surface area contributed by atoms with Gasteiger partial charge in [-0.3, -0.25) is 4.79 Å². The SMILES string of the molecule is CC(C)(C)OC(=O)[C@@H]1CCCN1.S. The van der Waals surface area contributed by atoms with Crippen molar-refractivity contribution in [2.45, 2.75) is 45.3 Å². The topological polar surface area (TPSA) is 38.3 Å². The van der Waals surface area contributed by atoms with Crippen LogP contribution >= 0.6 is 13.5 Å². The standard InChI is InChI=1S/C9H17NO2.H2S/c1-9(2,3)12-8(11)7-5-4-6-10-7;/h7,10H,4-6H2,1-3H3;1H2/t7-;/m0./s1. The van der Waals surface area contributed by atoms with Gasteiger partial charge in [0.15, 0.2) is 0 Å². The van der Waals surface area contributed by atoms with E-state index < -0.39 is 0 Å². The molecular weight excluding hydrogens is 186 g/mol. The maximum Gasteiger partial charge on any atom is 0.323 e. The van der Waals surface area contributed by atoms with Gasteiger partial charge in [0.2, 0.25) is 0 Å². The Morgan fingerprint density at radius 1 is 1.46 bits per heavy atom. The van der Waals surface area contributed by atoms with Gasteiger partial charge < -0.3 is 10.1 Å². The minimum absolute atomic E-state index is 0. The van der Waals surface area contributed by atoms with Crippen molar-refractivity contribution >= 4 is 19.5 Å². The minimum Gasteiger partial charge on any atom is -0.459 e. The fraction of sp³-hybridized carbons (Fsp3) is 0.889. The molecule has 1 fully saturated rings. The number of hydrogen-bond acceptors (Lipinski definition) is 3. The van der Waals surface area contributed by atoms with Crippen LogP contribution in [0.15, 0.2) is 0 Å². The number of esters is 1. The minimum atomic E-state index is -0.360. The maximum absolute atomic E-state index is 11.4. The Morgan fingerprint density at radius 3 is 2.46 bits per heavy atom. The average Bonchev–Trinajstić information content (AvgIpc) is 2.32. The molecule has 1 saturated heterocycles. The molecule has 13 heavy (non-hydrogen) atoms. The molecule has 0 aliphatic carbocycles. The van der Waals surface area contributed by atoms with Crippen LogP contribution in [0, 0.1) is 0 Å². The fourth-order valence-electron chi connectivity index (χ4n) is 1.26. The molecule has 3 nitrogen and oxygen atoms in total. The smallest absolute Gasteiger partial charge is 0.323 e. The molecule has 0 bridgehead atoms. The van der Waals surface area contributed by atoms with E-state index in [4.69, 9.17) is 4.74 Å². The second-order valence-electron chi connectivity index (χ2n) is 4.18. The molecule has 0 aromatic rings. The Labute approximate surface area is 86.7 Å². The highest BCUT2D eigenvalue weighted by Gasteiger charge is 2.26. The summed E-state index contributed by atoms with van der Waals surface area (Å²) in [6.45, 7) is 6.60. The summed E-state index contributed by atoms with van der Waals surface area (Å²) in [5, 5.41) is 3.10. The van der Waals surface area contributed by atoms with Crippen LogP contribution in [-0.2, 0) is 9.53 Å². The first kappa shape index (κ1) is 12.8. The highest BCUT2D eigenvalue weighted by Crippen LogP contribution is 2.12. The van der Waals surface area contributed by atoms with E-state index in [1.54, 1.807) is 0 Å². The summed E-state index contributed by atoms with van der Waals surface area (Å²) >= 11 is 0. The number of hydrogen-bond donors (Lipinski definition) is 1. The molecule has 4 heteroatoms. The van der Waals surface area contributed by atoms with Crippen LogP contribution in [0.2, 0.25) is 0 Å². The Bertz CT molecular complexity index is 171. The summed E-state index contributed by atoms with van der Waals surface area (Å²) in [5.74, 6) is -0.111. The van der Waals surface area contributed by atoms with Crippen LogP contribution in [0.5, 0.6) is 0 Å². The zero-order valence-corrected chi connectivity index (χ0v) is 9.52. The Hall–Kier alpha value is -0.220. The first-order valence-electron chi connectivity index (χ1n) is 4.45. The van der Waals surface area contributed by atoms with Crippen LogP contribution in [0.4, 0.5) is 0 Å². The van der Waals surface area contributed by atoms with Gasteiger partial charge in [0.1, 0.15) is 11.6 Å². The molecule has 1 aliphatic rings. The van der Waals surface area contributed by atoms with Crippen molar-refractivity contribution in [1.82, 2.24) is 5.32 Å². The van der Waals surface area contributed by atoms with Crippen molar-refractivity contribution < 1.29 is 9.53 Å². The van der Waals surface area contributed by atoms with Crippen LogP contribution in [0.25, 0.3) is 0 Å². The van der Waals surface area contributed by atoms with Crippen molar-refractivity contribution in [3.8, 4) is 0 Å². The lowest BCUT2D eigenvalue weighted by Crippen LogP contribution is -2.37. The van der Waals surface area contributed by atoms with Gasteiger partial charge in [-0.25, -0.2) is 0 Å². The molecule has 0 saturated carbocycles. The molecule has 1 atom stereocenters. The van der Waals surface area contributed by atoms with E-state index in [-0.39, 0.29) is 31.1 Å². The summed E-state index contributed by atoms with van der Waals surface area (Å²) in [6, 6.07) is -0.0655. The van der Waals surface area contributed by atoms with E-state index in [1.807, 2.05) is 20.8 Å². The number of carbonyl (C=O) groups is 1. The molecule has 1 N–H and O–H groups in total. The summed E-state index contributed by atoms with van der Waals surface area (Å²) in [5.41, 5.74) is -0.360. The van der Waals surface area contributed by atoms with Crippen LogP contribution in [0.1, 0.15) is 33.6 Å². The van der Waals surface area contributed by atoms with Gasteiger partial charge in [-0.15, -0.1) is 0 Å². The normalized spacial score (nSPS) is 22.2. The lowest BCUT2D eigenvalue weighted by Gasteiger charge is -2.21. The number of carbonyl (C=O) groups excluding carboxylic acids is 1. The third-order valence-electron chi connectivity index (χ3n) is 1.75. The third-order valence-corrected chi connectivity index (χ3v) is 1.75. The molecule has 1 rings (SSSR count). The molecular formula is C9H19NO2S. The Kier molecular flexibility index (Phi) is 4.78. The van der Waals surface area contributed by atoms with Gasteiger partial charge in [0.25, 0.3) is 0 Å². The highest BCUT2D eigenvalue weighted by atomic mass is 32.1. The predicted octanol–water partition coefficient (Wildman–Crippen LogP) is 1.19. The second kappa shape index (κ2) is 4.86. The second-order valence-corrected chi connectivity index (χ2v) is 4.18. The maximum atomic E-state index is 11.4. The molecule has 1 heterocycles. The summed E-state index contributed by atoms with van der Waals surface area (Å²) in [6.07, 6.45) is 1.98. The van der Waals surface area contributed by atoms with Crippen molar-refractivity contribution in [2.24, 2.45) is 0 Å². The van der Waals surface area contributed by atoms with E-state index >= 15 is 0 Å². The zero-order valence-electron chi connectivity index (χ0n) is 8.52. The van der Waals surface area contributed by atoms with E-state index in [0.29, 0.717) is 0 Å². The fourth-order valence-corrected chi connectivity index (χ4v) is 1.26. The molecule has 78 valence electrons. The number of rotatable bonds is 1. The van der Waals surface area contributed by atoms with Crippen molar-refractivity contribution in [3.63, 3.8) is 0 Å². The molecule has 0 spiro atoms. The largest absolute Gasteiger partial charge is 0.459 e. The van der Waals surface area contributed by atoms with Gasteiger partial charge in [-0.2, -0.15) is 13.5 Å². The average molecular weight is 205 g/mol. The molecule has 1 aliphatic heterocycles. The van der Waals surface area contributed by atoms with E-state index in [1.165, 1.54) is 0 Å². The van der Waals surface area contributed by atoms with E-state index in [9.17, 15) is 4.79 Å². The third kappa shape index (κ3) is 4.52. The van der Waals surface area contributed by atoms with Crippen LogP contribution in [-0.4, -0.2) is 24.2 Å². The van der Waals surface area contributed by atoms with E-state index in [2.05, 4.69) is 5.32 Å². The van der Waals surface area contributed by atoms with E-state index in [0.717, 1.165) is 19.4 Å². The summed E-state index contributed by atoms with van der Waals surface area (Å²) in [4.78, 5) is 11.4. The van der Waals surface area contributed by atoms with Crippen molar-refractivity contribution in [1.29, 1.82) is 0 Å². The van der Waals surface area contributed by atoms with Gasteiger partial charge in [-0.05, 0) is 40.2 Å². The number of nitrogens with one attached hydrogen (secondary N) is 1. The molecule has 0 aromatic carbocycles. The van der Waals surface area contributed by atoms with Crippen molar-refractivity contribution in [2.75, 3.05) is 6.54 Å². The van der Waals surface area contributed by atoms with Crippen LogP contribution < -0.4 is 5.32 Å². The lowest BCUT2D eigenvalue weighted by atomic mass is 10.2. The summed E-state index contributed by atoms with van der Waals surface area (Å²) in [7, 11) is 0. The number of ether oxygens (including phenoxy) is 1. The summed E-state index contributed by atoms with van der Waals surface area (Å²) < 4.78 is 5.22. The van der Waals surface area contributed by atoms with Gasteiger partial charge in [-0.1, -0.05) is 0 Å². The molecule has 0 radical (unpaired) electrons. The Morgan fingerprint density at radius 2 is 2.08 bits per heavy atom. The van der Waals surface area contributed by atoms with Gasteiger partial charge in [0.05, 0.1) is 0 Å². The monoisotopic (exact) mass is 205 g/mol. The molecule has 0 aromatic heterocycles. The van der Waals surface area contributed by atoms with Gasteiger partial charge in [0, 0.05) is 0 Å². The van der Waals surface area contributed by atoms with Crippen LogP contribution in [0.3, 0.4) is 0 Å². The lowest BCUT2D eigenvalue weighted by molar-refractivity contribution is -0.157. The molecule has 0 unspecified atom stereocenters. The van der Waals surface area contributed by atoms with Crippen molar-refractivity contribution in [3.05, 3.63) is 0 Å². The predicted molar refractivity (Wildman–Crippen MR) is 57.3 cm³/mol.